The van der Waals surface area contributed by atoms with Crippen LogP contribution in [0.15, 0.2) is 12.7 Å². The molecule has 1 amide bonds. The highest BCUT2D eigenvalue weighted by atomic mass is 19.1. The molecule has 3 heteroatoms. The molecule has 14 heavy (non-hydrogen) atoms. The number of halogens is 1. The molecule has 0 aromatic carbocycles. The normalized spacial score (nSPS) is 23.3. The van der Waals surface area contributed by atoms with Gasteiger partial charge in [-0.15, -0.1) is 6.58 Å². The topological polar surface area (TPSA) is 43.1 Å². The van der Waals surface area contributed by atoms with Crippen molar-refractivity contribution in [3.05, 3.63) is 12.7 Å². The summed E-state index contributed by atoms with van der Waals surface area (Å²) in [5.74, 6) is -0.856. The summed E-state index contributed by atoms with van der Waals surface area (Å²) >= 11 is 0. The highest BCUT2D eigenvalue weighted by molar-refractivity contribution is 5.83. The molecule has 1 fully saturated rings. The first kappa shape index (κ1) is 11.2. The summed E-state index contributed by atoms with van der Waals surface area (Å²) in [6.07, 6.45) is 4.79. The van der Waals surface area contributed by atoms with Gasteiger partial charge in [0.15, 0.2) is 5.67 Å². The SMILES string of the molecule is C=CC[C@@](F)(CC1(C)CCC1)C(N)=O. The van der Waals surface area contributed by atoms with Crippen molar-refractivity contribution >= 4 is 5.91 Å². The van der Waals surface area contributed by atoms with E-state index in [4.69, 9.17) is 5.73 Å². The van der Waals surface area contributed by atoms with Crippen LogP contribution in [0.3, 0.4) is 0 Å². The molecular weight excluding hydrogens is 181 g/mol. The first-order valence-corrected chi connectivity index (χ1v) is 5.02. The Morgan fingerprint density at radius 2 is 2.29 bits per heavy atom. The third-order valence-electron chi connectivity index (χ3n) is 3.18. The van der Waals surface area contributed by atoms with Crippen molar-refractivity contribution in [1.29, 1.82) is 0 Å². The van der Waals surface area contributed by atoms with E-state index in [1.807, 2.05) is 6.92 Å². The van der Waals surface area contributed by atoms with Crippen LogP contribution in [0.5, 0.6) is 0 Å². The van der Waals surface area contributed by atoms with Crippen molar-refractivity contribution in [2.75, 3.05) is 0 Å². The quantitative estimate of drug-likeness (QED) is 0.678. The van der Waals surface area contributed by atoms with E-state index in [-0.39, 0.29) is 18.3 Å². The van der Waals surface area contributed by atoms with E-state index >= 15 is 0 Å². The Morgan fingerprint density at radius 1 is 1.71 bits per heavy atom. The number of alkyl halides is 1. The molecular formula is C11H18FNO. The van der Waals surface area contributed by atoms with Crippen molar-refractivity contribution in [2.24, 2.45) is 11.1 Å². The Bertz CT molecular complexity index is 248. The van der Waals surface area contributed by atoms with E-state index in [2.05, 4.69) is 6.58 Å². The summed E-state index contributed by atoms with van der Waals surface area (Å²) in [4.78, 5) is 11.0. The molecule has 0 saturated heterocycles. The van der Waals surface area contributed by atoms with Crippen LogP contribution in [-0.4, -0.2) is 11.6 Å². The van der Waals surface area contributed by atoms with Crippen LogP contribution in [0, 0.1) is 5.41 Å². The average molecular weight is 199 g/mol. The molecule has 0 heterocycles. The largest absolute Gasteiger partial charge is 0.367 e. The van der Waals surface area contributed by atoms with Crippen LogP contribution in [0.2, 0.25) is 0 Å². The van der Waals surface area contributed by atoms with Gasteiger partial charge in [0, 0.05) is 6.42 Å². The number of nitrogens with two attached hydrogens (primary N) is 1. The molecule has 0 aliphatic heterocycles. The minimum Gasteiger partial charge on any atom is -0.367 e. The Morgan fingerprint density at radius 3 is 2.57 bits per heavy atom. The van der Waals surface area contributed by atoms with E-state index < -0.39 is 11.6 Å². The molecule has 0 radical (unpaired) electrons. The summed E-state index contributed by atoms with van der Waals surface area (Å²) < 4.78 is 14.1. The second kappa shape index (κ2) is 3.71. The molecule has 2 N–H and O–H groups in total. The number of hydrogen-bond donors (Lipinski definition) is 1. The van der Waals surface area contributed by atoms with Crippen molar-refractivity contribution in [3.63, 3.8) is 0 Å². The first-order valence-electron chi connectivity index (χ1n) is 5.02. The third kappa shape index (κ3) is 2.14. The lowest BCUT2D eigenvalue weighted by atomic mass is 9.64. The highest BCUT2D eigenvalue weighted by Crippen LogP contribution is 2.47. The lowest BCUT2D eigenvalue weighted by Gasteiger charge is -2.42. The zero-order valence-electron chi connectivity index (χ0n) is 8.68. The fraction of sp³-hybridized carbons (Fsp3) is 0.727. The Kier molecular flexibility index (Phi) is 2.98. The van der Waals surface area contributed by atoms with Gasteiger partial charge in [0.05, 0.1) is 0 Å². The number of allylic oxidation sites excluding steroid dienone is 1. The minimum atomic E-state index is -1.89. The van der Waals surface area contributed by atoms with Crippen molar-refractivity contribution < 1.29 is 9.18 Å². The standard InChI is InChI=1S/C11H18FNO/c1-3-5-11(12,9(13)14)8-10(2)6-4-7-10/h3H,1,4-8H2,2H3,(H2,13,14)/t11-/m1/s1. The van der Waals surface area contributed by atoms with Crippen LogP contribution in [-0.2, 0) is 4.79 Å². The molecule has 1 saturated carbocycles. The number of primary amides is 1. The number of carbonyl (C=O) groups is 1. The molecule has 0 bridgehead atoms. The second-order valence-electron chi connectivity index (χ2n) is 4.66. The maximum atomic E-state index is 14.1. The van der Waals surface area contributed by atoms with E-state index in [9.17, 15) is 9.18 Å². The van der Waals surface area contributed by atoms with E-state index in [1.54, 1.807) is 0 Å². The van der Waals surface area contributed by atoms with Gasteiger partial charge in [-0.05, 0) is 24.7 Å². The van der Waals surface area contributed by atoms with E-state index in [1.165, 1.54) is 6.08 Å². The van der Waals surface area contributed by atoms with Gasteiger partial charge in [-0.1, -0.05) is 19.4 Å². The molecule has 0 aromatic rings. The summed E-state index contributed by atoms with van der Waals surface area (Å²) in [7, 11) is 0. The van der Waals surface area contributed by atoms with Gasteiger partial charge in [-0.2, -0.15) is 0 Å². The lowest BCUT2D eigenvalue weighted by molar-refractivity contribution is -0.132. The molecule has 0 aromatic heterocycles. The number of amides is 1. The van der Waals surface area contributed by atoms with Crippen LogP contribution >= 0.6 is 0 Å². The van der Waals surface area contributed by atoms with Gasteiger partial charge in [0.1, 0.15) is 0 Å². The second-order valence-corrected chi connectivity index (χ2v) is 4.66. The first-order chi connectivity index (χ1) is 6.42. The van der Waals surface area contributed by atoms with Crippen LogP contribution in [0.4, 0.5) is 4.39 Å². The molecule has 80 valence electrons. The molecule has 0 spiro atoms. The third-order valence-corrected chi connectivity index (χ3v) is 3.18. The zero-order valence-corrected chi connectivity index (χ0v) is 8.68. The van der Waals surface area contributed by atoms with E-state index in [0.29, 0.717) is 0 Å². The van der Waals surface area contributed by atoms with Gasteiger partial charge in [0.2, 0.25) is 0 Å². The summed E-state index contributed by atoms with van der Waals surface area (Å²) in [5.41, 5.74) is 3.15. The fourth-order valence-electron chi connectivity index (χ4n) is 2.12. The summed E-state index contributed by atoms with van der Waals surface area (Å²) in [6.45, 7) is 5.46. The number of hydrogen-bond acceptors (Lipinski definition) is 1. The molecule has 1 aliphatic rings. The van der Waals surface area contributed by atoms with Gasteiger partial charge < -0.3 is 5.73 Å². The summed E-state index contributed by atoms with van der Waals surface area (Å²) in [6, 6.07) is 0. The average Bonchev–Trinajstić information content (AvgIpc) is 2.01. The Labute approximate surface area is 84.4 Å². The molecule has 1 aliphatic carbocycles. The summed E-state index contributed by atoms with van der Waals surface area (Å²) in [5, 5.41) is 0. The van der Waals surface area contributed by atoms with Crippen LogP contribution < -0.4 is 5.73 Å². The highest BCUT2D eigenvalue weighted by Gasteiger charge is 2.45. The predicted octanol–water partition coefficient (Wildman–Crippen LogP) is 2.34. The molecule has 1 rings (SSSR count). The van der Waals surface area contributed by atoms with Crippen LogP contribution in [0.25, 0.3) is 0 Å². The predicted molar refractivity (Wildman–Crippen MR) is 54.4 cm³/mol. The smallest absolute Gasteiger partial charge is 0.255 e. The Balaban J connectivity index is 2.67. The number of rotatable bonds is 5. The minimum absolute atomic E-state index is 0.0257. The molecule has 2 nitrogen and oxygen atoms in total. The molecule has 0 unspecified atom stereocenters. The maximum Gasteiger partial charge on any atom is 0.255 e. The van der Waals surface area contributed by atoms with Gasteiger partial charge in [0.25, 0.3) is 5.91 Å². The van der Waals surface area contributed by atoms with Gasteiger partial charge in [-0.3, -0.25) is 4.79 Å². The van der Waals surface area contributed by atoms with E-state index in [0.717, 1.165) is 19.3 Å². The van der Waals surface area contributed by atoms with Crippen LogP contribution in [0.1, 0.15) is 39.0 Å². The van der Waals surface area contributed by atoms with Crippen molar-refractivity contribution in [2.45, 2.75) is 44.7 Å². The van der Waals surface area contributed by atoms with Gasteiger partial charge >= 0.3 is 0 Å². The fourth-order valence-corrected chi connectivity index (χ4v) is 2.12. The van der Waals surface area contributed by atoms with Crippen molar-refractivity contribution in [3.8, 4) is 0 Å². The lowest BCUT2D eigenvalue weighted by Crippen LogP contribution is -2.45. The van der Waals surface area contributed by atoms with Crippen molar-refractivity contribution in [1.82, 2.24) is 0 Å². The monoisotopic (exact) mass is 199 g/mol. The molecule has 1 atom stereocenters. The zero-order chi connectivity index (χ0) is 10.8. The Hall–Kier alpha value is -0.860. The van der Waals surface area contributed by atoms with Gasteiger partial charge in [-0.25, -0.2) is 4.39 Å². The number of carbonyl (C=O) groups excluding carboxylic acids is 1. The maximum absolute atomic E-state index is 14.1.